The Labute approximate surface area is 109 Å². The number of ketones is 1. The van der Waals surface area contributed by atoms with Gasteiger partial charge < -0.3 is 5.32 Å². The van der Waals surface area contributed by atoms with Crippen LogP contribution >= 0.6 is 0 Å². The third-order valence-electron chi connectivity index (χ3n) is 4.33. The van der Waals surface area contributed by atoms with Crippen molar-refractivity contribution in [2.45, 2.75) is 50.6 Å². The quantitative estimate of drug-likeness (QED) is 0.881. The molecule has 3 rings (SSSR count). The Hall–Kier alpha value is -1.15. The molecule has 1 aromatic carbocycles. The second-order valence-corrected chi connectivity index (χ2v) is 5.88. The van der Waals surface area contributed by atoms with Gasteiger partial charge in [-0.1, -0.05) is 30.3 Å². The van der Waals surface area contributed by atoms with Gasteiger partial charge in [-0.2, -0.15) is 0 Å². The van der Waals surface area contributed by atoms with Crippen molar-refractivity contribution >= 4 is 5.78 Å². The van der Waals surface area contributed by atoms with Crippen LogP contribution in [0.4, 0.5) is 0 Å². The lowest BCUT2D eigenvalue weighted by atomic mass is 9.87. The molecule has 2 unspecified atom stereocenters. The Morgan fingerprint density at radius 2 is 1.78 bits per heavy atom. The van der Waals surface area contributed by atoms with Crippen LogP contribution in [-0.4, -0.2) is 17.9 Å². The minimum absolute atomic E-state index is 0.410. The van der Waals surface area contributed by atoms with Crippen LogP contribution in [0.25, 0.3) is 0 Å². The molecule has 2 saturated heterocycles. The van der Waals surface area contributed by atoms with E-state index in [1.165, 1.54) is 25.7 Å². The van der Waals surface area contributed by atoms with Crippen molar-refractivity contribution in [2.24, 2.45) is 5.92 Å². The zero-order chi connectivity index (χ0) is 12.4. The van der Waals surface area contributed by atoms with Gasteiger partial charge in [-0.25, -0.2) is 0 Å². The highest BCUT2D eigenvalue weighted by molar-refractivity contribution is 5.81. The van der Waals surface area contributed by atoms with Gasteiger partial charge in [0.15, 0.2) is 0 Å². The maximum Gasteiger partial charge on any atom is 0.137 e. The molecule has 2 bridgehead atoms. The summed E-state index contributed by atoms with van der Waals surface area (Å²) in [6, 6.07) is 11.5. The first-order chi connectivity index (χ1) is 8.79. The summed E-state index contributed by atoms with van der Waals surface area (Å²) in [7, 11) is 0. The lowest BCUT2D eigenvalue weighted by molar-refractivity contribution is -0.119. The van der Waals surface area contributed by atoms with E-state index in [1.807, 2.05) is 30.3 Å². The fraction of sp³-hybridized carbons (Fsp3) is 0.562. The molecule has 0 radical (unpaired) electrons. The van der Waals surface area contributed by atoms with E-state index >= 15 is 0 Å². The molecule has 2 aliphatic rings. The van der Waals surface area contributed by atoms with Crippen LogP contribution in [0.1, 0.15) is 37.7 Å². The lowest BCUT2D eigenvalue weighted by Gasteiger charge is -2.28. The van der Waals surface area contributed by atoms with E-state index in [4.69, 9.17) is 0 Å². The number of Topliss-reactive ketones (excluding diaryl/α,β-unsaturated/α-hetero) is 1. The van der Waals surface area contributed by atoms with Crippen LogP contribution < -0.4 is 5.32 Å². The van der Waals surface area contributed by atoms with Crippen LogP contribution in [0, 0.1) is 5.92 Å². The van der Waals surface area contributed by atoms with Gasteiger partial charge in [0.2, 0.25) is 0 Å². The Morgan fingerprint density at radius 1 is 1.11 bits per heavy atom. The van der Waals surface area contributed by atoms with Crippen LogP contribution in [0.2, 0.25) is 0 Å². The number of benzene rings is 1. The third kappa shape index (κ3) is 2.81. The topological polar surface area (TPSA) is 29.1 Å². The zero-order valence-electron chi connectivity index (χ0n) is 10.8. The molecule has 2 fully saturated rings. The molecule has 2 heterocycles. The van der Waals surface area contributed by atoms with Crippen LogP contribution in [0.15, 0.2) is 30.3 Å². The molecule has 0 aromatic heterocycles. The zero-order valence-corrected chi connectivity index (χ0v) is 10.8. The Balaban J connectivity index is 1.52. The van der Waals surface area contributed by atoms with Crippen molar-refractivity contribution in [1.29, 1.82) is 0 Å². The Bertz CT molecular complexity index is 402. The third-order valence-corrected chi connectivity index (χ3v) is 4.33. The van der Waals surface area contributed by atoms with Gasteiger partial charge in [-0.3, -0.25) is 4.79 Å². The van der Waals surface area contributed by atoms with Gasteiger partial charge in [-0.05, 0) is 37.2 Å². The summed E-state index contributed by atoms with van der Waals surface area (Å²) in [6.45, 7) is 0. The summed E-state index contributed by atoms with van der Waals surface area (Å²) < 4.78 is 0. The highest BCUT2D eigenvalue weighted by Crippen LogP contribution is 2.32. The van der Waals surface area contributed by atoms with Gasteiger partial charge in [-0.15, -0.1) is 0 Å². The molecule has 2 aliphatic heterocycles. The van der Waals surface area contributed by atoms with E-state index in [0.29, 0.717) is 30.2 Å². The maximum atomic E-state index is 12.1. The van der Waals surface area contributed by atoms with Crippen molar-refractivity contribution in [3.05, 3.63) is 35.9 Å². The van der Waals surface area contributed by atoms with E-state index in [1.54, 1.807) is 0 Å². The van der Waals surface area contributed by atoms with E-state index < -0.39 is 0 Å². The molecule has 2 nitrogen and oxygen atoms in total. The van der Waals surface area contributed by atoms with Crippen molar-refractivity contribution in [2.75, 3.05) is 0 Å². The molecular weight excluding hydrogens is 222 g/mol. The highest BCUT2D eigenvalue weighted by atomic mass is 16.1. The molecule has 18 heavy (non-hydrogen) atoms. The maximum absolute atomic E-state index is 12.1. The second kappa shape index (κ2) is 5.23. The SMILES string of the molecule is O=C(Cc1ccccc1)CC1CC2CCC(C1)N2. The van der Waals surface area contributed by atoms with Crippen molar-refractivity contribution < 1.29 is 4.79 Å². The number of hydrogen-bond acceptors (Lipinski definition) is 2. The number of nitrogens with one attached hydrogen (secondary N) is 1. The van der Waals surface area contributed by atoms with Crippen LogP contribution in [-0.2, 0) is 11.2 Å². The van der Waals surface area contributed by atoms with E-state index in [9.17, 15) is 4.79 Å². The van der Waals surface area contributed by atoms with Gasteiger partial charge in [0.1, 0.15) is 5.78 Å². The standard InChI is InChI=1S/C16H21NO/c18-16(10-12-4-2-1-3-5-12)11-13-8-14-6-7-15(9-13)17-14/h1-5,13-15,17H,6-11H2. The number of carbonyl (C=O) groups excluding carboxylic acids is 1. The fourth-order valence-corrected chi connectivity index (χ4v) is 3.56. The predicted octanol–water partition coefficient (Wildman–Crippen LogP) is 2.72. The van der Waals surface area contributed by atoms with E-state index in [2.05, 4.69) is 5.32 Å². The summed E-state index contributed by atoms with van der Waals surface area (Å²) in [6.07, 6.45) is 6.43. The normalized spacial score (nSPS) is 30.3. The summed E-state index contributed by atoms with van der Waals surface area (Å²) >= 11 is 0. The number of hydrogen-bond donors (Lipinski definition) is 1. The number of rotatable bonds is 4. The summed E-state index contributed by atoms with van der Waals surface area (Å²) in [5.41, 5.74) is 1.15. The minimum Gasteiger partial charge on any atom is -0.311 e. The van der Waals surface area contributed by atoms with Gasteiger partial charge in [0.05, 0.1) is 0 Å². The van der Waals surface area contributed by atoms with Crippen LogP contribution in [0.3, 0.4) is 0 Å². The van der Waals surface area contributed by atoms with E-state index in [-0.39, 0.29) is 0 Å². The van der Waals surface area contributed by atoms with E-state index in [0.717, 1.165) is 12.0 Å². The molecular formula is C16H21NO. The molecule has 96 valence electrons. The monoisotopic (exact) mass is 243 g/mol. The Morgan fingerprint density at radius 3 is 2.44 bits per heavy atom. The summed E-state index contributed by atoms with van der Waals surface area (Å²) in [5, 5.41) is 3.63. The van der Waals surface area contributed by atoms with Crippen molar-refractivity contribution in [1.82, 2.24) is 5.32 Å². The molecule has 2 atom stereocenters. The molecule has 0 spiro atoms. The summed E-state index contributed by atoms with van der Waals surface area (Å²) in [4.78, 5) is 12.1. The number of piperidine rings is 1. The summed E-state index contributed by atoms with van der Waals surface area (Å²) in [5.74, 6) is 1.03. The average Bonchev–Trinajstić information content (AvgIpc) is 2.70. The first-order valence-electron chi connectivity index (χ1n) is 7.11. The van der Waals surface area contributed by atoms with Gasteiger partial charge >= 0.3 is 0 Å². The molecule has 0 amide bonds. The highest BCUT2D eigenvalue weighted by Gasteiger charge is 2.33. The average molecular weight is 243 g/mol. The fourth-order valence-electron chi connectivity index (χ4n) is 3.56. The smallest absolute Gasteiger partial charge is 0.137 e. The molecule has 0 saturated carbocycles. The minimum atomic E-state index is 0.410. The van der Waals surface area contributed by atoms with Gasteiger partial charge in [0.25, 0.3) is 0 Å². The van der Waals surface area contributed by atoms with Crippen molar-refractivity contribution in [3.63, 3.8) is 0 Å². The first-order valence-corrected chi connectivity index (χ1v) is 7.11. The van der Waals surface area contributed by atoms with Gasteiger partial charge in [0, 0.05) is 24.9 Å². The number of carbonyl (C=O) groups is 1. The number of fused-ring (bicyclic) bond motifs is 2. The molecule has 1 N–H and O–H groups in total. The first kappa shape index (κ1) is 11.9. The van der Waals surface area contributed by atoms with Crippen LogP contribution in [0.5, 0.6) is 0 Å². The molecule has 1 aromatic rings. The lowest BCUT2D eigenvalue weighted by Crippen LogP contribution is -2.38. The molecule has 2 heteroatoms. The predicted molar refractivity (Wildman–Crippen MR) is 72.4 cm³/mol. The molecule has 0 aliphatic carbocycles. The second-order valence-electron chi connectivity index (χ2n) is 5.88. The largest absolute Gasteiger partial charge is 0.311 e. The van der Waals surface area contributed by atoms with Crippen molar-refractivity contribution in [3.8, 4) is 0 Å². The Kier molecular flexibility index (Phi) is 3.46.